The van der Waals surface area contributed by atoms with Gasteiger partial charge < -0.3 is 9.64 Å². The lowest BCUT2D eigenvalue weighted by Gasteiger charge is -2.11. The molecule has 2 aromatic carbocycles. The third kappa shape index (κ3) is 9.64. The smallest absolute Gasteiger partial charge is 0.310 e. The average Bonchev–Trinajstić information content (AvgIpc) is 2.87. The van der Waals surface area contributed by atoms with Crippen LogP contribution in [-0.2, 0) is 19.4 Å². The number of anilines is 1. The molecule has 190 valence electrons. The molecule has 2 rings (SSSR count). The fourth-order valence-electron chi connectivity index (χ4n) is 3.54. The largest absolute Gasteiger partial charge is 0.465 e. The summed E-state index contributed by atoms with van der Waals surface area (Å²) in [6.07, 6.45) is 17.8. The number of carbonyl (C=O) groups excluding carboxylic acids is 1. The fraction of sp³-hybridized carbons (Fsp3) is 0.367. The molecule has 0 aliphatic carbocycles. The molecule has 5 nitrogen and oxygen atoms in total. The SMILES string of the molecule is C#CCC(CC#C)C(=O)OCCCCCCS(=O)(=O)c1ccc(/C=C/c2ccc(N(C)C)cc2)cc1. The first kappa shape index (κ1) is 28.8. The van der Waals surface area contributed by atoms with E-state index in [0.29, 0.717) is 17.7 Å². The van der Waals surface area contributed by atoms with Crippen LogP contribution < -0.4 is 4.90 Å². The van der Waals surface area contributed by atoms with Crippen LogP contribution in [0.2, 0.25) is 0 Å². The van der Waals surface area contributed by atoms with Crippen molar-refractivity contribution in [3.63, 3.8) is 0 Å². The zero-order chi connectivity index (χ0) is 26.4. The summed E-state index contributed by atoms with van der Waals surface area (Å²) < 4.78 is 30.6. The Morgan fingerprint density at radius 2 is 1.42 bits per heavy atom. The molecule has 0 amide bonds. The summed E-state index contributed by atoms with van der Waals surface area (Å²) in [5.41, 5.74) is 3.15. The molecular weight excluding hydrogens is 470 g/mol. The van der Waals surface area contributed by atoms with Crippen molar-refractivity contribution >= 4 is 33.6 Å². The standard InChI is InChI=1S/C30H35NO4S/c1-5-11-27(12-6-2)30(32)35-23-9-7-8-10-24-36(33,34)29-21-17-26(18-22-29)14-13-25-15-19-28(20-16-25)31(3)4/h1-2,13-22,27H,7-12,23-24H2,3-4H3/b14-13+. The van der Waals surface area contributed by atoms with Crippen molar-refractivity contribution < 1.29 is 17.9 Å². The van der Waals surface area contributed by atoms with Crippen LogP contribution in [0.5, 0.6) is 0 Å². The Balaban J connectivity index is 1.74. The van der Waals surface area contributed by atoms with E-state index in [4.69, 9.17) is 17.6 Å². The van der Waals surface area contributed by atoms with Crippen LogP contribution in [0.1, 0.15) is 49.7 Å². The molecule has 0 atom stereocenters. The number of benzene rings is 2. The molecular formula is C30H35NO4S. The molecule has 0 heterocycles. The highest BCUT2D eigenvalue weighted by molar-refractivity contribution is 7.91. The van der Waals surface area contributed by atoms with E-state index < -0.39 is 15.8 Å². The van der Waals surface area contributed by atoms with Gasteiger partial charge in [0, 0.05) is 32.6 Å². The summed E-state index contributed by atoms with van der Waals surface area (Å²) in [6.45, 7) is 0.284. The Labute approximate surface area is 216 Å². The molecule has 6 heteroatoms. The van der Waals surface area contributed by atoms with Crippen molar-refractivity contribution in [3.05, 3.63) is 59.7 Å². The lowest BCUT2D eigenvalue weighted by molar-refractivity contribution is -0.148. The molecule has 0 aromatic heterocycles. The van der Waals surface area contributed by atoms with Crippen LogP contribution in [0.4, 0.5) is 5.69 Å². The summed E-state index contributed by atoms with van der Waals surface area (Å²) in [5, 5.41) is 0. The van der Waals surface area contributed by atoms with E-state index in [1.54, 1.807) is 12.1 Å². The molecule has 0 fully saturated rings. The lowest BCUT2D eigenvalue weighted by Crippen LogP contribution is -2.17. The second kappa shape index (κ2) is 14.8. The molecule has 36 heavy (non-hydrogen) atoms. The zero-order valence-electron chi connectivity index (χ0n) is 21.2. The Kier molecular flexibility index (Phi) is 11.8. The average molecular weight is 506 g/mol. The summed E-state index contributed by atoms with van der Waals surface area (Å²) in [5.74, 6) is 4.15. The van der Waals surface area contributed by atoms with Gasteiger partial charge in [0.1, 0.15) is 0 Å². The van der Waals surface area contributed by atoms with E-state index in [0.717, 1.165) is 29.7 Å². The number of terminal acetylenes is 2. The van der Waals surface area contributed by atoms with Gasteiger partial charge in [-0.05, 0) is 48.2 Å². The van der Waals surface area contributed by atoms with Gasteiger partial charge in [-0.15, -0.1) is 24.7 Å². The number of nitrogens with zero attached hydrogens (tertiary/aromatic N) is 1. The molecule has 0 N–H and O–H groups in total. The maximum Gasteiger partial charge on any atom is 0.310 e. The molecule has 0 radical (unpaired) electrons. The maximum atomic E-state index is 12.7. The van der Waals surface area contributed by atoms with Gasteiger partial charge in [0.05, 0.1) is 23.2 Å². The normalized spacial score (nSPS) is 11.2. The van der Waals surface area contributed by atoms with Crippen molar-refractivity contribution in [2.24, 2.45) is 5.92 Å². The Bertz CT molecular complexity index is 1170. The van der Waals surface area contributed by atoms with Crippen molar-refractivity contribution in [1.82, 2.24) is 0 Å². The van der Waals surface area contributed by atoms with Gasteiger partial charge in [0.2, 0.25) is 0 Å². The highest BCUT2D eigenvalue weighted by Gasteiger charge is 2.18. The highest BCUT2D eigenvalue weighted by Crippen LogP contribution is 2.18. The van der Waals surface area contributed by atoms with Gasteiger partial charge in [0.25, 0.3) is 0 Å². The minimum Gasteiger partial charge on any atom is -0.465 e. The number of sulfone groups is 1. The van der Waals surface area contributed by atoms with Gasteiger partial charge in [-0.25, -0.2) is 8.42 Å². The first-order valence-corrected chi connectivity index (χ1v) is 13.7. The number of rotatable bonds is 14. The van der Waals surface area contributed by atoms with Crippen LogP contribution in [0.25, 0.3) is 12.2 Å². The third-order valence-electron chi connectivity index (χ3n) is 5.73. The van der Waals surface area contributed by atoms with Crippen molar-refractivity contribution in [2.45, 2.75) is 43.4 Å². The third-order valence-corrected chi connectivity index (χ3v) is 7.55. The Morgan fingerprint density at radius 1 is 0.889 bits per heavy atom. The summed E-state index contributed by atoms with van der Waals surface area (Å²) in [4.78, 5) is 14.4. The van der Waals surface area contributed by atoms with E-state index in [9.17, 15) is 13.2 Å². The summed E-state index contributed by atoms with van der Waals surface area (Å²) >= 11 is 0. The molecule has 0 aliphatic rings. The monoisotopic (exact) mass is 505 g/mol. The first-order chi connectivity index (χ1) is 17.3. The maximum absolute atomic E-state index is 12.7. The van der Waals surface area contributed by atoms with Gasteiger partial charge >= 0.3 is 5.97 Å². The van der Waals surface area contributed by atoms with Crippen LogP contribution in [-0.4, -0.2) is 40.8 Å². The molecule has 0 bridgehead atoms. The fourth-order valence-corrected chi connectivity index (χ4v) is 4.91. The van der Waals surface area contributed by atoms with E-state index in [2.05, 4.69) is 24.0 Å². The van der Waals surface area contributed by atoms with Crippen molar-refractivity contribution in [2.75, 3.05) is 31.4 Å². The predicted molar refractivity (Wildman–Crippen MR) is 148 cm³/mol. The van der Waals surface area contributed by atoms with Crippen LogP contribution >= 0.6 is 0 Å². The number of unbranched alkanes of at least 4 members (excludes halogenated alkanes) is 3. The van der Waals surface area contributed by atoms with Crippen LogP contribution in [0.3, 0.4) is 0 Å². The van der Waals surface area contributed by atoms with Crippen LogP contribution in [0, 0.1) is 30.6 Å². The van der Waals surface area contributed by atoms with E-state index in [1.807, 2.05) is 55.4 Å². The van der Waals surface area contributed by atoms with E-state index in [-0.39, 0.29) is 31.2 Å². The lowest BCUT2D eigenvalue weighted by atomic mass is 10.0. The first-order valence-electron chi connectivity index (χ1n) is 12.1. The minimum absolute atomic E-state index is 0.0899. The molecule has 0 saturated carbocycles. The quantitative estimate of drug-likeness (QED) is 0.148. The van der Waals surface area contributed by atoms with E-state index >= 15 is 0 Å². The number of ether oxygens (including phenoxy) is 1. The van der Waals surface area contributed by atoms with Crippen molar-refractivity contribution in [1.29, 1.82) is 0 Å². The van der Waals surface area contributed by atoms with Gasteiger partial charge in [-0.1, -0.05) is 49.3 Å². The topological polar surface area (TPSA) is 63.7 Å². The highest BCUT2D eigenvalue weighted by atomic mass is 32.2. The molecule has 0 aliphatic heterocycles. The zero-order valence-corrected chi connectivity index (χ0v) is 22.0. The Morgan fingerprint density at radius 3 is 1.94 bits per heavy atom. The number of esters is 1. The van der Waals surface area contributed by atoms with Gasteiger partial charge in [0.15, 0.2) is 9.84 Å². The second-order valence-corrected chi connectivity index (χ2v) is 10.9. The van der Waals surface area contributed by atoms with E-state index in [1.165, 1.54) is 0 Å². The minimum atomic E-state index is -3.34. The van der Waals surface area contributed by atoms with Crippen LogP contribution in [0.15, 0.2) is 53.4 Å². The van der Waals surface area contributed by atoms with Gasteiger partial charge in [-0.2, -0.15) is 0 Å². The number of hydrogen-bond donors (Lipinski definition) is 0. The number of hydrogen-bond acceptors (Lipinski definition) is 5. The second-order valence-electron chi connectivity index (χ2n) is 8.80. The predicted octanol–water partition coefficient (Wildman–Crippen LogP) is 5.46. The van der Waals surface area contributed by atoms with Gasteiger partial charge in [-0.3, -0.25) is 4.79 Å². The molecule has 2 aromatic rings. The molecule has 0 unspecified atom stereocenters. The Hall–Kier alpha value is -3.48. The summed E-state index contributed by atoms with van der Waals surface area (Å²) in [6, 6.07) is 15.2. The number of carbonyl (C=O) groups is 1. The molecule has 0 saturated heterocycles. The molecule has 0 spiro atoms. The van der Waals surface area contributed by atoms with Crippen molar-refractivity contribution in [3.8, 4) is 24.7 Å². The summed E-state index contributed by atoms with van der Waals surface area (Å²) in [7, 11) is 0.664.